The van der Waals surface area contributed by atoms with E-state index in [4.69, 9.17) is 0 Å². The van der Waals surface area contributed by atoms with Crippen LogP contribution in [0, 0.1) is 6.92 Å². The Morgan fingerprint density at radius 3 is 2.67 bits per heavy atom. The number of aryl methyl sites for hydroxylation is 1. The van der Waals surface area contributed by atoms with Gasteiger partial charge in [0.2, 0.25) is 0 Å². The molecule has 1 aromatic rings. The Hall–Kier alpha value is -1.07. The summed E-state index contributed by atoms with van der Waals surface area (Å²) < 4.78 is 23.0. The van der Waals surface area contributed by atoms with E-state index >= 15 is 0 Å². The molecular formula is C13H20N2O2S. The Kier molecular flexibility index (Phi) is 3.64. The highest BCUT2D eigenvalue weighted by molar-refractivity contribution is 7.90. The first-order valence-electron chi connectivity index (χ1n) is 6.17. The van der Waals surface area contributed by atoms with E-state index in [2.05, 4.69) is 17.1 Å². The third-order valence-electron chi connectivity index (χ3n) is 3.31. The maximum absolute atomic E-state index is 11.5. The van der Waals surface area contributed by atoms with Crippen LogP contribution in [0.3, 0.4) is 0 Å². The summed E-state index contributed by atoms with van der Waals surface area (Å²) in [5.74, 6) is 0. The van der Waals surface area contributed by atoms with E-state index in [1.165, 1.54) is 6.26 Å². The van der Waals surface area contributed by atoms with Crippen molar-refractivity contribution >= 4 is 15.5 Å². The van der Waals surface area contributed by atoms with Crippen molar-refractivity contribution in [2.24, 2.45) is 0 Å². The van der Waals surface area contributed by atoms with E-state index in [9.17, 15) is 8.42 Å². The summed E-state index contributed by atoms with van der Waals surface area (Å²) in [7, 11) is -3.11. The van der Waals surface area contributed by atoms with Crippen LogP contribution in [-0.2, 0) is 9.84 Å². The van der Waals surface area contributed by atoms with Crippen molar-refractivity contribution in [2.75, 3.05) is 30.8 Å². The minimum Gasteiger partial charge on any atom is -0.368 e. The summed E-state index contributed by atoms with van der Waals surface area (Å²) in [5.41, 5.74) is 2.16. The molecule has 0 aromatic heterocycles. The van der Waals surface area contributed by atoms with Crippen LogP contribution < -0.4 is 10.2 Å². The Morgan fingerprint density at radius 1 is 1.39 bits per heavy atom. The Labute approximate surface area is 109 Å². The van der Waals surface area contributed by atoms with Gasteiger partial charge in [-0.15, -0.1) is 0 Å². The number of nitrogens with one attached hydrogen (secondary N) is 1. The zero-order chi connectivity index (χ0) is 13.3. The fraction of sp³-hybridized carbons (Fsp3) is 0.538. The molecule has 2 rings (SSSR count). The number of piperazine rings is 1. The SMILES string of the molecule is Cc1cc(S(C)(=O)=O)ccc1N1CCN[C@@H](C)C1. The first kappa shape index (κ1) is 13.4. The van der Waals surface area contributed by atoms with Gasteiger partial charge < -0.3 is 10.2 Å². The minimum atomic E-state index is -3.11. The molecule has 0 unspecified atom stereocenters. The van der Waals surface area contributed by atoms with Gasteiger partial charge in [-0.25, -0.2) is 8.42 Å². The van der Waals surface area contributed by atoms with Gasteiger partial charge in [-0.05, 0) is 37.6 Å². The van der Waals surface area contributed by atoms with Crippen LogP contribution in [0.2, 0.25) is 0 Å². The smallest absolute Gasteiger partial charge is 0.175 e. The molecule has 0 saturated carbocycles. The summed E-state index contributed by atoms with van der Waals surface area (Å²) >= 11 is 0. The third-order valence-corrected chi connectivity index (χ3v) is 4.42. The maximum atomic E-state index is 11.5. The fourth-order valence-corrected chi connectivity index (χ4v) is 3.07. The highest BCUT2D eigenvalue weighted by Crippen LogP contribution is 2.24. The summed E-state index contributed by atoms with van der Waals surface area (Å²) in [6.07, 6.45) is 1.24. The molecule has 1 heterocycles. The van der Waals surface area contributed by atoms with Crippen LogP contribution in [0.15, 0.2) is 23.1 Å². The van der Waals surface area contributed by atoms with Gasteiger partial charge in [-0.1, -0.05) is 0 Å². The largest absolute Gasteiger partial charge is 0.368 e. The van der Waals surface area contributed by atoms with Crippen molar-refractivity contribution in [2.45, 2.75) is 24.8 Å². The molecule has 4 nitrogen and oxygen atoms in total. The van der Waals surface area contributed by atoms with Crippen LogP contribution in [-0.4, -0.2) is 40.3 Å². The molecule has 1 fully saturated rings. The van der Waals surface area contributed by atoms with Gasteiger partial charge >= 0.3 is 0 Å². The van der Waals surface area contributed by atoms with E-state index in [-0.39, 0.29) is 0 Å². The molecule has 1 atom stereocenters. The van der Waals surface area contributed by atoms with E-state index in [1.54, 1.807) is 12.1 Å². The Morgan fingerprint density at radius 2 is 2.11 bits per heavy atom. The molecule has 1 saturated heterocycles. The van der Waals surface area contributed by atoms with E-state index in [1.807, 2.05) is 13.0 Å². The number of nitrogens with zero attached hydrogens (tertiary/aromatic N) is 1. The molecule has 0 amide bonds. The predicted molar refractivity (Wildman–Crippen MR) is 74.0 cm³/mol. The summed E-state index contributed by atoms with van der Waals surface area (Å²) in [6, 6.07) is 5.85. The van der Waals surface area contributed by atoms with Crippen LogP contribution in [0.5, 0.6) is 0 Å². The number of sulfone groups is 1. The lowest BCUT2D eigenvalue weighted by atomic mass is 10.1. The molecule has 18 heavy (non-hydrogen) atoms. The third kappa shape index (κ3) is 2.84. The number of anilines is 1. The van der Waals surface area contributed by atoms with Gasteiger partial charge in [0.1, 0.15) is 0 Å². The number of rotatable bonds is 2. The van der Waals surface area contributed by atoms with Gasteiger partial charge in [0.05, 0.1) is 4.90 Å². The summed E-state index contributed by atoms with van der Waals surface area (Å²) in [5, 5.41) is 3.40. The van der Waals surface area contributed by atoms with Gasteiger partial charge in [0, 0.05) is 37.6 Å². The summed E-state index contributed by atoms with van der Waals surface area (Å²) in [4.78, 5) is 2.70. The first-order valence-corrected chi connectivity index (χ1v) is 8.06. The highest BCUT2D eigenvalue weighted by Gasteiger charge is 2.18. The molecule has 1 aliphatic rings. The first-order chi connectivity index (χ1) is 8.38. The van der Waals surface area contributed by atoms with Gasteiger partial charge in [-0.3, -0.25) is 0 Å². The lowest BCUT2D eigenvalue weighted by Crippen LogP contribution is -2.49. The van der Waals surface area contributed by atoms with Crippen molar-refractivity contribution in [1.29, 1.82) is 0 Å². The van der Waals surface area contributed by atoms with Crippen LogP contribution >= 0.6 is 0 Å². The molecule has 0 spiro atoms. The number of hydrogen-bond acceptors (Lipinski definition) is 4. The van der Waals surface area contributed by atoms with Crippen molar-refractivity contribution in [3.63, 3.8) is 0 Å². The molecule has 0 aliphatic carbocycles. The van der Waals surface area contributed by atoms with Crippen molar-refractivity contribution < 1.29 is 8.42 Å². The number of hydrogen-bond donors (Lipinski definition) is 1. The normalized spacial score (nSPS) is 21.1. The summed E-state index contributed by atoms with van der Waals surface area (Å²) in [6.45, 7) is 7.01. The molecule has 100 valence electrons. The monoisotopic (exact) mass is 268 g/mol. The van der Waals surface area contributed by atoms with Crippen LogP contribution in [0.25, 0.3) is 0 Å². The molecular weight excluding hydrogens is 248 g/mol. The van der Waals surface area contributed by atoms with E-state index in [0.717, 1.165) is 30.9 Å². The minimum absolute atomic E-state index is 0.395. The fourth-order valence-electron chi connectivity index (χ4n) is 2.36. The Balaban J connectivity index is 2.30. The highest BCUT2D eigenvalue weighted by atomic mass is 32.2. The standard InChI is InChI=1S/C13H20N2O2S/c1-10-8-12(18(3,16)17)4-5-13(10)15-7-6-14-11(2)9-15/h4-5,8,11,14H,6-7,9H2,1-3H3/t11-/m0/s1. The topological polar surface area (TPSA) is 49.4 Å². The molecule has 1 aliphatic heterocycles. The maximum Gasteiger partial charge on any atom is 0.175 e. The average Bonchev–Trinajstić information content (AvgIpc) is 2.27. The zero-order valence-electron chi connectivity index (χ0n) is 11.1. The lowest BCUT2D eigenvalue weighted by molar-refractivity contribution is 0.484. The molecule has 1 aromatic carbocycles. The van der Waals surface area contributed by atoms with Gasteiger partial charge in [-0.2, -0.15) is 0 Å². The molecule has 0 radical (unpaired) electrons. The van der Waals surface area contributed by atoms with Crippen molar-refractivity contribution in [3.8, 4) is 0 Å². The molecule has 1 N–H and O–H groups in total. The van der Waals surface area contributed by atoms with Crippen molar-refractivity contribution in [1.82, 2.24) is 5.32 Å². The number of benzene rings is 1. The van der Waals surface area contributed by atoms with Crippen LogP contribution in [0.4, 0.5) is 5.69 Å². The second-order valence-electron chi connectivity index (χ2n) is 5.02. The van der Waals surface area contributed by atoms with Gasteiger partial charge in [0.15, 0.2) is 9.84 Å². The quantitative estimate of drug-likeness (QED) is 0.875. The predicted octanol–water partition coefficient (Wildman–Crippen LogP) is 1.20. The van der Waals surface area contributed by atoms with Crippen LogP contribution in [0.1, 0.15) is 12.5 Å². The zero-order valence-corrected chi connectivity index (χ0v) is 11.9. The average molecular weight is 268 g/mol. The second kappa shape index (κ2) is 4.90. The Bertz CT molecular complexity index is 540. The van der Waals surface area contributed by atoms with Crippen molar-refractivity contribution in [3.05, 3.63) is 23.8 Å². The molecule has 5 heteroatoms. The van der Waals surface area contributed by atoms with E-state index < -0.39 is 9.84 Å². The van der Waals surface area contributed by atoms with Gasteiger partial charge in [0.25, 0.3) is 0 Å². The second-order valence-corrected chi connectivity index (χ2v) is 7.04. The molecule has 0 bridgehead atoms. The van der Waals surface area contributed by atoms with E-state index in [0.29, 0.717) is 10.9 Å². The lowest BCUT2D eigenvalue weighted by Gasteiger charge is -2.34.